The molecule has 1 nitrogen and oxygen atoms in total. The lowest BCUT2D eigenvalue weighted by Crippen LogP contribution is -2.29. The second-order valence-corrected chi connectivity index (χ2v) is 5.77. The molecule has 0 amide bonds. The molecule has 0 aliphatic rings. The Labute approximate surface area is 114 Å². The molecule has 0 aliphatic heterocycles. The molecule has 0 bridgehead atoms. The number of nitrogens with one attached hydrogen (secondary N) is 1. The predicted octanol–water partition coefficient (Wildman–Crippen LogP) is 4.61. The fraction of sp³-hybridized carbons (Fsp3) is 0.500. The largest absolute Gasteiger partial charge is 0.314 e. The molecule has 0 saturated heterocycles. The molecule has 0 spiro atoms. The van der Waals surface area contributed by atoms with E-state index in [1.165, 1.54) is 41.3 Å². The van der Waals surface area contributed by atoms with Crippen LogP contribution in [0.2, 0.25) is 0 Å². The number of rotatable bonds is 7. The molecule has 1 aromatic carbocycles. The standard InChI is InChI=1S/C16H23NS/c1-3-11-17-15(4-2)9-8-13-6-5-7-14-10-12-18-16(13)14/h5-7,10,12,15,17H,3-4,8-9,11H2,1-2H3. The second kappa shape index (κ2) is 6.91. The molecular formula is C16H23NS. The van der Waals surface area contributed by atoms with Crippen molar-refractivity contribution in [2.45, 2.75) is 45.6 Å². The summed E-state index contributed by atoms with van der Waals surface area (Å²) in [5.74, 6) is 0. The van der Waals surface area contributed by atoms with Gasteiger partial charge in [0, 0.05) is 10.7 Å². The third kappa shape index (κ3) is 3.33. The molecule has 0 saturated carbocycles. The molecule has 2 rings (SSSR count). The van der Waals surface area contributed by atoms with Crippen LogP contribution in [0.4, 0.5) is 0 Å². The van der Waals surface area contributed by atoms with Crippen molar-refractivity contribution in [1.82, 2.24) is 5.32 Å². The first-order valence-electron chi connectivity index (χ1n) is 7.03. The van der Waals surface area contributed by atoms with E-state index in [0.717, 1.165) is 6.54 Å². The Morgan fingerprint density at radius 2 is 2.11 bits per heavy atom. The summed E-state index contributed by atoms with van der Waals surface area (Å²) in [5.41, 5.74) is 1.51. The first kappa shape index (κ1) is 13.6. The summed E-state index contributed by atoms with van der Waals surface area (Å²) in [4.78, 5) is 0. The SMILES string of the molecule is CCCNC(CC)CCc1cccc2ccsc12. The molecule has 1 N–H and O–H groups in total. The second-order valence-electron chi connectivity index (χ2n) is 4.85. The zero-order valence-electron chi connectivity index (χ0n) is 11.4. The molecule has 98 valence electrons. The van der Waals surface area contributed by atoms with Gasteiger partial charge in [0.2, 0.25) is 0 Å². The number of hydrogen-bond acceptors (Lipinski definition) is 2. The predicted molar refractivity (Wildman–Crippen MR) is 82.5 cm³/mol. The van der Waals surface area contributed by atoms with Crippen LogP contribution in [0.25, 0.3) is 10.1 Å². The van der Waals surface area contributed by atoms with Crippen LogP contribution in [0.1, 0.15) is 38.7 Å². The van der Waals surface area contributed by atoms with E-state index in [4.69, 9.17) is 0 Å². The Hall–Kier alpha value is -0.860. The van der Waals surface area contributed by atoms with Gasteiger partial charge < -0.3 is 5.32 Å². The molecule has 2 aromatic rings. The van der Waals surface area contributed by atoms with Gasteiger partial charge in [0.1, 0.15) is 0 Å². The average molecular weight is 261 g/mol. The van der Waals surface area contributed by atoms with Crippen molar-refractivity contribution in [3.05, 3.63) is 35.2 Å². The summed E-state index contributed by atoms with van der Waals surface area (Å²) in [5, 5.41) is 7.23. The van der Waals surface area contributed by atoms with Crippen LogP contribution in [0.15, 0.2) is 29.6 Å². The molecule has 18 heavy (non-hydrogen) atoms. The fourth-order valence-corrected chi connectivity index (χ4v) is 3.33. The van der Waals surface area contributed by atoms with Gasteiger partial charge in [-0.05, 0) is 54.6 Å². The van der Waals surface area contributed by atoms with E-state index < -0.39 is 0 Å². The molecule has 0 radical (unpaired) electrons. The van der Waals surface area contributed by atoms with E-state index in [-0.39, 0.29) is 0 Å². The van der Waals surface area contributed by atoms with Crippen molar-refractivity contribution in [3.8, 4) is 0 Å². The maximum absolute atomic E-state index is 3.63. The van der Waals surface area contributed by atoms with Crippen LogP contribution in [0, 0.1) is 0 Å². The number of thiophene rings is 1. The third-order valence-corrected chi connectivity index (χ3v) is 4.50. The lowest BCUT2D eigenvalue weighted by molar-refractivity contribution is 0.469. The minimum atomic E-state index is 0.667. The Balaban J connectivity index is 1.98. The zero-order chi connectivity index (χ0) is 12.8. The molecule has 2 heteroatoms. The molecule has 1 unspecified atom stereocenters. The smallest absolute Gasteiger partial charge is 0.0374 e. The Morgan fingerprint density at radius 3 is 2.89 bits per heavy atom. The van der Waals surface area contributed by atoms with Gasteiger partial charge in [-0.15, -0.1) is 11.3 Å². The maximum atomic E-state index is 3.63. The van der Waals surface area contributed by atoms with Crippen LogP contribution < -0.4 is 5.32 Å². The Morgan fingerprint density at radius 1 is 1.22 bits per heavy atom. The van der Waals surface area contributed by atoms with Gasteiger partial charge in [0.05, 0.1) is 0 Å². The van der Waals surface area contributed by atoms with E-state index in [0.29, 0.717) is 6.04 Å². The van der Waals surface area contributed by atoms with Gasteiger partial charge in [-0.3, -0.25) is 0 Å². The van der Waals surface area contributed by atoms with E-state index in [1.807, 2.05) is 11.3 Å². The highest BCUT2D eigenvalue weighted by Gasteiger charge is 2.07. The maximum Gasteiger partial charge on any atom is 0.0374 e. The van der Waals surface area contributed by atoms with E-state index in [9.17, 15) is 0 Å². The molecule has 0 fully saturated rings. The number of benzene rings is 1. The number of fused-ring (bicyclic) bond motifs is 1. The minimum absolute atomic E-state index is 0.667. The summed E-state index contributed by atoms with van der Waals surface area (Å²) in [6.07, 6.45) is 4.87. The van der Waals surface area contributed by atoms with Crippen molar-refractivity contribution in [2.75, 3.05) is 6.54 Å². The molecule has 1 aromatic heterocycles. The zero-order valence-corrected chi connectivity index (χ0v) is 12.2. The summed E-state index contributed by atoms with van der Waals surface area (Å²) in [6, 6.07) is 9.56. The van der Waals surface area contributed by atoms with Crippen molar-refractivity contribution in [3.63, 3.8) is 0 Å². The summed E-state index contributed by atoms with van der Waals surface area (Å²) in [7, 11) is 0. The fourth-order valence-electron chi connectivity index (χ4n) is 2.38. The topological polar surface area (TPSA) is 12.0 Å². The van der Waals surface area contributed by atoms with Gasteiger partial charge in [-0.2, -0.15) is 0 Å². The quantitative estimate of drug-likeness (QED) is 0.767. The first-order valence-corrected chi connectivity index (χ1v) is 7.91. The third-order valence-electron chi connectivity index (χ3n) is 3.50. The molecule has 1 heterocycles. The van der Waals surface area contributed by atoms with Crippen molar-refractivity contribution >= 4 is 21.4 Å². The van der Waals surface area contributed by atoms with Crippen molar-refractivity contribution < 1.29 is 0 Å². The van der Waals surface area contributed by atoms with Crippen LogP contribution in [0.3, 0.4) is 0 Å². The molecule has 1 atom stereocenters. The van der Waals surface area contributed by atoms with Gasteiger partial charge in [-0.25, -0.2) is 0 Å². The molecular weight excluding hydrogens is 238 g/mol. The highest BCUT2D eigenvalue weighted by Crippen LogP contribution is 2.25. The molecule has 0 aliphatic carbocycles. The summed E-state index contributed by atoms with van der Waals surface area (Å²) >= 11 is 1.87. The minimum Gasteiger partial charge on any atom is -0.314 e. The lowest BCUT2D eigenvalue weighted by atomic mass is 10.0. The highest BCUT2D eigenvalue weighted by atomic mass is 32.1. The van der Waals surface area contributed by atoms with Crippen molar-refractivity contribution in [2.24, 2.45) is 0 Å². The van der Waals surface area contributed by atoms with E-state index >= 15 is 0 Å². The van der Waals surface area contributed by atoms with Gasteiger partial charge in [0.25, 0.3) is 0 Å². The Kier molecular flexibility index (Phi) is 5.21. The van der Waals surface area contributed by atoms with Gasteiger partial charge in [0.15, 0.2) is 0 Å². The summed E-state index contributed by atoms with van der Waals surface area (Å²) < 4.78 is 1.47. The van der Waals surface area contributed by atoms with Crippen LogP contribution >= 0.6 is 11.3 Å². The first-order chi connectivity index (χ1) is 8.85. The highest BCUT2D eigenvalue weighted by molar-refractivity contribution is 7.17. The van der Waals surface area contributed by atoms with E-state index in [1.54, 1.807) is 0 Å². The van der Waals surface area contributed by atoms with Crippen LogP contribution in [-0.4, -0.2) is 12.6 Å². The number of aryl methyl sites for hydroxylation is 1. The number of hydrogen-bond donors (Lipinski definition) is 1. The lowest BCUT2D eigenvalue weighted by Gasteiger charge is -2.16. The van der Waals surface area contributed by atoms with Gasteiger partial charge >= 0.3 is 0 Å². The normalized spacial score (nSPS) is 13.0. The van der Waals surface area contributed by atoms with Crippen LogP contribution in [-0.2, 0) is 6.42 Å². The average Bonchev–Trinajstić information content (AvgIpc) is 2.88. The summed E-state index contributed by atoms with van der Waals surface area (Å²) in [6.45, 7) is 5.65. The van der Waals surface area contributed by atoms with Crippen LogP contribution in [0.5, 0.6) is 0 Å². The van der Waals surface area contributed by atoms with Crippen molar-refractivity contribution in [1.29, 1.82) is 0 Å². The van der Waals surface area contributed by atoms with E-state index in [2.05, 4.69) is 48.8 Å². The van der Waals surface area contributed by atoms with Gasteiger partial charge in [-0.1, -0.05) is 32.0 Å². The Bertz CT molecular complexity index is 475. The monoisotopic (exact) mass is 261 g/mol.